The Morgan fingerprint density at radius 2 is 2.33 bits per heavy atom. The van der Waals surface area contributed by atoms with Gasteiger partial charge in [0.05, 0.1) is 6.61 Å². The van der Waals surface area contributed by atoms with Crippen LogP contribution in [0, 0.1) is 5.82 Å². The normalized spacial score (nSPS) is 9.80. The fourth-order valence-electron chi connectivity index (χ4n) is 1.03. The third kappa shape index (κ3) is 3.87. The van der Waals surface area contributed by atoms with Crippen LogP contribution in [0.4, 0.5) is 9.18 Å². The molecule has 0 aliphatic heterocycles. The third-order valence-corrected chi connectivity index (χ3v) is 2.20. The first-order valence-corrected chi connectivity index (χ1v) is 5.27. The highest BCUT2D eigenvalue weighted by atomic mass is 79.9. The van der Waals surface area contributed by atoms with Crippen molar-refractivity contribution in [3.63, 3.8) is 0 Å². The number of halogens is 2. The van der Waals surface area contributed by atoms with E-state index >= 15 is 0 Å². The van der Waals surface area contributed by atoms with Gasteiger partial charge >= 0.3 is 6.09 Å². The van der Waals surface area contributed by atoms with E-state index in [1.807, 2.05) is 0 Å². The second kappa shape index (κ2) is 5.70. The monoisotopic (exact) mass is 275 g/mol. The van der Waals surface area contributed by atoms with Crippen LogP contribution in [0.15, 0.2) is 22.7 Å². The van der Waals surface area contributed by atoms with Crippen LogP contribution in [-0.2, 0) is 11.3 Å². The molecule has 0 unspecified atom stereocenters. The molecule has 3 nitrogen and oxygen atoms in total. The molecule has 1 rings (SSSR count). The fourth-order valence-corrected chi connectivity index (χ4v) is 1.44. The molecule has 0 aliphatic rings. The Balaban J connectivity index is 2.57. The molecule has 0 atom stereocenters. The quantitative estimate of drug-likeness (QED) is 0.921. The van der Waals surface area contributed by atoms with Gasteiger partial charge in [0.2, 0.25) is 0 Å². The molecule has 0 saturated carbocycles. The number of carbonyl (C=O) groups excluding carboxylic acids is 1. The Labute approximate surface area is 95.7 Å². The molecule has 1 amide bonds. The van der Waals surface area contributed by atoms with Crippen molar-refractivity contribution in [3.8, 4) is 0 Å². The maximum absolute atomic E-state index is 13.2. The average molecular weight is 276 g/mol. The van der Waals surface area contributed by atoms with Crippen LogP contribution in [0.1, 0.15) is 12.5 Å². The van der Waals surface area contributed by atoms with Crippen LogP contribution in [0.25, 0.3) is 0 Å². The maximum Gasteiger partial charge on any atom is 0.407 e. The summed E-state index contributed by atoms with van der Waals surface area (Å²) in [6.07, 6.45) is -0.545. The zero-order valence-electron chi connectivity index (χ0n) is 8.22. The molecule has 0 saturated heterocycles. The van der Waals surface area contributed by atoms with Crippen molar-refractivity contribution in [1.82, 2.24) is 5.32 Å². The first-order valence-electron chi connectivity index (χ1n) is 4.48. The van der Waals surface area contributed by atoms with E-state index in [2.05, 4.69) is 26.0 Å². The summed E-state index contributed by atoms with van der Waals surface area (Å²) in [7, 11) is 0. The lowest BCUT2D eigenvalue weighted by Gasteiger charge is -2.06. The minimum Gasteiger partial charge on any atom is -0.450 e. The Morgan fingerprint density at radius 1 is 1.60 bits per heavy atom. The molecule has 0 bridgehead atoms. The minimum atomic E-state index is -0.545. The van der Waals surface area contributed by atoms with Crippen molar-refractivity contribution in [2.45, 2.75) is 13.5 Å². The van der Waals surface area contributed by atoms with Crippen molar-refractivity contribution in [1.29, 1.82) is 0 Å². The van der Waals surface area contributed by atoms with E-state index < -0.39 is 6.09 Å². The molecular formula is C10H11BrFNO2. The Morgan fingerprint density at radius 3 is 3.00 bits per heavy atom. The van der Waals surface area contributed by atoms with E-state index in [0.717, 1.165) is 4.47 Å². The van der Waals surface area contributed by atoms with Crippen molar-refractivity contribution in [2.75, 3.05) is 6.61 Å². The van der Waals surface area contributed by atoms with E-state index in [4.69, 9.17) is 0 Å². The standard InChI is InChI=1S/C10H11BrFNO2/c1-2-15-10(14)13-6-7-5-8(11)3-4-9(7)12/h3-5H,2,6H2,1H3,(H,13,14). The lowest BCUT2D eigenvalue weighted by atomic mass is 10.2. The zero-order chi connectivity index (χ0) is 11.3. The average Bonchev–Trinajstić information content (AvgIpc) is 2.20. The van der Waals surface area contributed by atoms with Crippen molar-refractivity contribution in [3.05, 3.63) is 34.1 Å². The van der Waals surface area contributed by atoms with Crippen molar-refractivity contribution in [2.24, 2.45) is 0 Å². The molecular weight excluding hydrogens is 265 g/mol. The summed E-state index contributed by atoms with van der Waals surface area (Å²) >= 11 is 3.22. The van der Waals surface area contributed by atoms with Gasteiger partial charge in [-0.1, -0.05) is 15.9 Å². The minimum absolute atomic E-state index is 0.115. The summed E-state index contributed by atoms with van der Waals surface area (Å²) < 4.78 is 18.6. The van der Waals surface area contributed by atoms with Crippen LogP contribution in [0.5, 0.6) is 0 Å². The summed E-state index contributed by atoms with van der Waals surface area (Å²) in [4.78, 5) is 10.9. The van der Waals surface area contributed by atoms with Crippen LogP contribution >= 0.6 is 15.9 Å². The molecule has 82 valence electrons. The molecule has 15 heavy (non-hydrogen) atoms. The molecule has 1 aromatic rings. The van der Waals surface area contributed by atoms with Crippen LogP contribution in [-0.4, -0.2) is 12.7 Å². The Bertz CT molecular complexity index is 357. The summed E-state index contributed by atoms with van der Waals surface area (Å²) in [5, 5.41) is 2.45. The molecule has 1 N–H and O–H groups in total. The number of nitrogens with one attached hydrogen (secondary N) is 1. The summed E-state index contributed by atoms with van der Waals surface area (Å²) in [6.45, 7) is 2.12. The molecule has 5 heteroatoms. The van der Waals surface area contributed by atoms with Gasteiger partial charge in [-0.25, -0.2) is 9.18 Å². The highest BCUT2D eigenvalue weighted by Crippen LogP contribution is 2.15. The Kier molecular flexibility index (Phi) is 4.55. The van der Waals surface area contributed by atoms with E-state index in [0.29, 0.717) is 12.2 Å². The molecule has 0 aliphatic carbocycles. The van der Waals surface area contributed by atoms with Crippen LogP contribution < -0.4 is 5.32 Å². The van der Waals surface area contributed by atoms with Gasteiger partial charge in [0.15, 0.2) is 0 Å². The van der Waals surface area contributed by atoms with Crippen molar-refractivity contribution < 1.29 is 13.9 Å². The number of carbonyl (C=O) groups is 1. The van der Waals surface area contributed by atoms with Crippen LogP contribution in [0.3, 0.4) is 0 Å². The van der Waals surface area contributed by atoms with Gasteiger partial charge in [0.25, 0.3) is 0 Å². The van der Waals surface area contributed by atoms with Gasteiger partial charge in [0.1, 0.15) is 5.82 Å². The number of hydrogen-bond donors (Lipinski definition) is 1. The molecule has 1 aromatic carbocycles. The van der Waals surface area contributed by atoms with Gasteiger partial charge in [-0.05, 0) is 25.1 Å². The lowest BCUT2D eigenvalue weighted by Crippen LogP contribution is -2.24. The number of benzene rings is 1. The van der Waals surface area contributed by atoms with Gasteiger partial charge in [-0.3, -0.25) is 0 Å². The molecule has 0 heterocycles. The van der Waals surface area contributed by atoms with Gasteiger partial charge in [-0.2, -0.15) is 0 Å². The fraction of sp³-hybridized carbons (Fsp3) is 0.300. The predicted octanol–water partition coefficient (Wildman–Crippen LogP) is 2.83. The first kappa shape index (κ1) is 12.0. The highest BCUT2D eigenvalue weighted by Gasteiger charge is 2.05. The molecule has 0 spiro atoms. The summed E-state index contributed by atoms with van der Waals surface area (Å²) in [5.74, 6) is -0.352. The molecule has 0 radical (unpaired) electrons. The number of ether oxygens (including phenoxy) is 1. The second-order valence-electron chi connectivity index (χ2n) is 2.81. The summed E-state index contributed by atoms with van der Waals surface area (Å²) in [5.41, 5.74) is 0.414. The second-order valence-corrected chi connectivity index (χ2v) is 3.73. The number of amides is 1. The van der Waals surface area contributed by atoms with Crippen LogP contribution in [0.2, 0.25) is 0 Å². The van der Waals surface area contributed by atoms with E-state index in [9.17, 15) is 9.18 Å². The van der Waals surface area contributed by atoms with Gasteiger partial charge in [-0.15, -0.1) is 0 Å². The maximum atomic E-state index is 13.2. The van der Waals surface area contributed by atoms with E-state index in [-0.39, 0.29) is 12.4 Å². The number of hydrogen-bond acceptors (Lipinski definition) is 2. The highest BCUT2D eigenvalue weighted by molar-refractivity contribution is 9.10. The SMILES string of the molecule is CCOC(=O)NCc1cc(Br)ccc1F. The van der Waals surface area contributed by atoms with Gasteiger partial charge in [0, 0.05) is 16.6 Å². The zero-order valence-corrected chi connectivity index (χ0v) is 9.80. The molecule has 0 fully saturated rings. The van der Waals surface area contributed by atoms with E-state index in [1.165, 1.54) is 6.07 Å². The Hall–Kier alpha value is -1.10. The predicted molar refractivity (Wildman–Crippen MR) is 58.0 cm³/mol. The largest absolute Gasteiger partial charge is 0.450 e. The lowest BCUT2D eigenvalue weighted by molar-refractivity contribution is 0.151. The first-order chi connectivity index (χ1) is 7.13. The summed E-state index contributed by atoms with van der Waals surface area (Å²) in [6, 6.07) is 4.55. The molecule has 0 aromatic heterocycles. The number of rotatable bonds is 3. The van der Waals surface area contributed by atoms with E-state index in [1.54, 1.807) is 19.1 Å². The van der Waals surface area contributed by atoms with Crippen molar-refractivity contribution >= 4 is 22.0 Å². The topological polar surface area (TPSA) is 38.3 Å². The smallest absolute Gasteiger partial charge is 0.407 e. The van der Waals surface area contributed by atoms with Gasteiger partial charge < -0.3 is 10.1 Å². The third-order valence-electron chi connectivity index (χ3n) is 1.71. The number of alkyl carbamates (subject to hydrolysis) is 1.